The lowest BCUT2D eigenvalue weighted by atomic mass is 10.2. The van der Waals surface area contributed by atoms with Crippen molar-refractivity contribution in [2.75, 3.05) is 13.1 Å². The zero-order chi connectivity index (χ0) is 12.0. The standard InChI is InChI=1S/C12H19BrN2O/c1-3-14-6-4-5-7-15-9-11(13)8-10(2)12(15)16/h8-9,14H,3-7H2,1-2H3. The van der Waals surface area contributed by atoms with Crippen LogP contribution in [-0.4, -0.2) is 17.7 Å². The lowest BCUT2D eigenvalue weighted by molar-refractivity contribution is 0.564. The highest BCUT2D eigenvalue weighted by atomic mass is 79.9. The number of nitrogens with zero attached hydrogens (tertiary/aromatic N) is 1. The number of hydrogen-bond donors (Lipinski definition) is 1. The summed E-state index contributed by atoms with van der Waals surface area (Å²) in [5.74, 6) is 0. The quantitative estimate of drug-likeness (QED) is 0.815. The number of rotatable bonds is 6. The van der Waals surface area contributed by atoms with Crippen LogP contribution < -0.4 is 10.9 Å². The van der Waals surface area contributed by atoms with E-state index in [0.29, 0.717) is 0 Å². The Morgan fingerprint density at radius 2 is 2.19 bits per heavy atom. The summed E-state index contributed by atoms with van der Waals surface area (Å²) in [7, 11) is 0. The Morgan fingerprint density at radius 3 is 2.88 bits per heavy atom. The van der Waals surface area contributed by atoms with Gasteiger partial charge >= 0.3 is 0 Å². The van der Waals surface area contributed by atoms with Gasteiger partial charge in [0.15, 0.2) is 0 Å². The van der Waals surface area contributed by atoms with Crippen molar-refractivity contribution in [1.82, 2.24) is 9.88 Å². The monoisotopic (exact) mass is 286 g/mol. The fraction of sp³-hybridized carbons (Fsp3) is 0.583. The van der Waals surface area contributed by atoms with Crippen LogP contribution in [0.3, 0.4) is 0 Å². The highest BCUT2D eigenvalue weighted by molar-refractivity contribution is 9.10. The minimum Gasteiger partial charge on any atom is -0.317 e. The lowest BCUT2D eigenvalue weighted by Crippen LogP contribution is -2.22. The van der Waals surface area contributed by atoms with Crippen LogP contribution in [0.2, 0.25) is 0 Å². The number of nitrogens with one attached hydrogen (secondary N) is 1. The molecule has 3 nitrogen and oxygen atoms in total. The molecule has 0 unspecified atom stereocenters. The number of aryl methyl sites for hydroxylation is 2. The molecule has 0 aliphatic carbocycles. The fourth-order valence-corrected chi connectivity index (χ4v) is 2.21. The third-order valence-electron chi connectivity index (χ3n) is 2.48. The third kappa shape index (κ3) is 4.10. The minimum atomic E-state index is 0.117. The van der Waals surface area contributed by atoms with E-state index in [-0.39, 0.29) is 5.56 Å². The van der Waals surface area contributed by atoms with Gasteiger partial charge in [-0.25, -0.2) is 0 Å². The van der Waals surface area contributed by atoms with Crippen LogP contribution in [0, 0.1) is 6.92 Å². The maximum absolute atomic E-state index is 11.8. The summed E-state index contributed by atoms with van der Waals surface area (Å²) in [4.78, 5) is 11.8. The van der Waals surface area contributed by atoms with E-state index in [9.17, 15) is 4.79 Å². The summed E-state index contributed by atoms with van der Waals surface area (Å²) in [6.07, 6.45) is 4.00. The number of aromatic nitrogens is 1. The summed E-state index contributed by atoms with van der Waals surface area (Å²) in [5, 5.41) is 3.28. The van der Waals surface area contributed by atoms with E-state index in [0.717, 1.165) is 42.5 Å². The van der Waals surface area contributed by atoms with Crippen LogP contribution in [0.15, 0.2) is 21.5 Å². The van der Waals surface area contributed by atoms with Gasteiger partial charge in [-0.05, 0) is 54.9 Å². The molecule has 1 aromatic rings. The van der Waals surface area contributed by atoms with Gasteiger partial charge in [-0.3, -0.25) is 4.79 Å². The second kappa shape index (κ2) is 6.86. The first-order chi connectivity index (χ1) is 7.65. The number of pyridine rings is 1. The largest absolute Gasteiger partial charge is 0.317 e. The van der Waals surface area contributed by atoms with Gasteiger partial charge in [0, 0.05) is 22.8 Å². The molecule has 1 heterocycles. The van der Waals surface area contributed by atoms with Gasteiger partial charge in [0.25, 0.3) is 5.56 Å². The van der Waals surface area contributed by atoms with Gasteiger partial charge < -0.3 is 9.88 Å². The Labute approximate surface area is 105 Å². The highest BCUT2D eigenvalue weighted by Gasteiger charge is 2.01. The van der Waals surface area contributed by atoms with Crippen molar-refractivity contribution >= 4 is 15.9 Å². The van der Waals surface area contributed by atoms with E-state index in [4.69, 9.17) is 0 Å². The van der Waals surface area contributed by atoms with Crippen molar-refractivity contribution in [3.63, 3.8) is 0 Å². The topological polar surface area (TPSA) is 34.0 Å². The Hall–Kier alpha value is -0.610. The van der Waals surface area contributed by atoms with E-state index in [1.54, 1.807) is 4.57 Å². The number of unbranched alkanes of at least 4 members (excludes halogenated alkanes) is 1. The smallest absolute Gasteiger partial charge is 0.253 e. The fourth-order valence-electron chi connectivity index (χ4n) is 1.61. The summed E-state index contributed by atoms with van der Waals surface area (Å²) in [5.41, 5.74) is 0.910. The Morgan fingerprint density at radius 1 is 1.44 bits per heavy atom. The van der Waals surface area contributed by atoms with E-state index in [2.05, 4.69) is 28.2 Å². The normalized spacial score (nSPS) is 10.7. The molecule has 1 rings (SSSR count). The molecule has 0 aliphatic rings. The Balaban J connectivity index is 2.51. The average molecular weight is 287 g/mol. The summed E-state index contributed by atoms with van der Waals surface area (Å²) >= 11 is 3.41. The van der Waals surface area contributed by atoms with Gasteiger partial charge in [-0.15, -0.1) is 0 Å². The summed E-state index contributed by atoms with van der Waals surface area (Å²) in [6, 6.07) is 1.86. The molecule has 0 atom stereocenters. The SMILES string of the molecule is CCNCCCCn1cc(Br)cc(C)c1=O. The molecule has 0 saturated heterocycles. The molecule has 1 aromatic heterocycles. The van der Waals surface area contributed by atoms with E-state index < -0.39 is 0 Å². The molecule has 16 heavy (non-hydrogen) atoms. The van der Waals surface area contributed by atoms with E-state index >= 15 is 0 Å². The molecular formula is C12H19BrN2O. The molecule has 0 spiro atoms. The molecule has 0 radical (unpaired) electrons. The molecular weight excluding hydrogens is 268 g/mol. The van der Waals surface area contributed by atoms with Crippen LogP contribution in [0.25, 0.3) is 0 Å². The van der Waals surface area contributed by atoms with Gasteiger partial charge in [-0.1, -0.05) is 6.92 Å². The molecule has 0 bridgehead atoms. The predicted octanol–water partition coefficient (Wildman–Crippen LogP) is 2.31. The Kier molecular flexibility index (Phi) is 5.77. The zero-order valence-electron chi connectivity index (χ0n) is 9.92. The van der Waals surface area contributed by atoms with Crippen molar-refractivity contribution < 1.29 is 0 Å². The van der Waals surface area contributed by atoms with Gasteiger partial charge in [0.05, 0.1) is 0 Å². The first-order valence-corrected chi connectivity index (χ1v) is 6.51. The van der Waals surface area contributed by atoms with Crippen molar-refractivity contribution in [3.8, 4) is 0 Å². The van der Waals surface area contributed by atoms with E-state index in [1.807, 2.05) is 19.2 Å². The van der Waals surface area contributed by atoms with Crippen LogP contribution in [0.5, 0.6) is 0 Å². The molecule has 90 valence electrons. The van der Waals surface area contributed by atoms with Crippen molar-refractivity contribution in [1.29, 1.82) is 0 Å². The second-order valence-electron chi connectivity index (χ2n) is 3.90. The van der Waals surface area contributed by atoms with Crippen molar-refractivity contribution in [2.24, 2.45) is 0 Å². The zero-order valence-corrected chi connectivity index (χ0v) is 11.5. The van der Waals surface area contributed by atoms with Gasteiger partial charge in [-0.2, -0.15) is 0 Å². The molecule has 0 aromatic carbocycles. The first-order valence-electron chi connectivity index (χ1n) is 5.72. The minimum absolute atomic E-state index is 0.117. The van der Waals surface area contributed by atoms with Crippen molar-refractivity contribution in [3.05, 3.63) is 32.7 Å². The molecule has 1 N–H and O–H groups in total. The average Bonchev–Trinajstić information content (AvgIpc) is 2.24. The summed E-state index contributed by atoms with van der Waals surface area (Å²) < 4.78 is 2.75. The molecule has 0 aliphatic heterocycles. The van der Waals surface area contributed by atoms with Crippen LogP contribution >= 0.6 is 15.9 Å². The van der Waals surface area contributed by atoms with Crippen LogP contribution in [0.1, 0.15) is 25.3 Å². The molecule has 4 heteroatoms. The van der Waals surface area contributed by atoms with Gasteiger partial charge in [0.2, 0.25) is 0 Å². The Bertz CT molecular complexity index is 387. The second-order valence-corrected chi connectivity index (χ2v) is 4.82. The maximum atomic E-state index is 11.8. The van der Waals surface area contributed by atoms with E-state index in [1.165, 1.54) is 0 Å². The third-order valence-corrected chi connectivity index (χ3v) is 2.92. The predicted molar refractivity (Wildman–Crippen MR) is 70.9 cm³/mol. The lowest BCUT2D eigenvalue weighted by Gasteiger charge is -2.07. The number of hydrogen-bond acceptors (Lipinski definition) is 2. The first kappa shape index (κ1) is 13.5. The van der Waals surface area contributed by atoms with Gasteiger partial charge in [0.1, 0.15) is 0 Å². The highest BCUT2D eigenvalue weighted by Crippen LogP contribution is 2.08. The van der Waals surface area contributed by atoms with Crippen LogP contribution in [0.4, 0.5) is 0 Å². The molecule has 0 fully saturated rings. The molecule has 0 amide bonds. The maximum Gasteiger partial charge on any atom is 0.253 e. The van der Waals surface area contributed by atoms with Crippen molar-refractivity contribution in [2.45, 2.75) is 33.2 Å². The molecule has 0 saturated carbocycles. The summed E-state index contributed by atoms with van der Waals surface area (Å²) in [6.45, 7) is 6.78. The van der Waals surface area contributed by atoms with Crippen LogP contribution in [-0.2, 0) is 6.54 Å². The number of halogens is 1.